The summed E-state index contributed by atoms with van der Waals surface area (Å²) >= 11 is 1.08. The van der Waals surface area contributed by atoms with E-state index in [1.165, 1.54) is 6.42 Å². The summed E-state index contributed by atoms with van der Waals surface area (Å²) < 4.78 is 24.1. The zero-order valence-corrected chi connectivity index (χ0v) is 13.9. The Morgan fingerprint density at radius 3 is 2.43 bits per heavy atom. The highest BCUT2D eigenvalue weighted by atomic mass is 32.2. The molecule has 0 atom stereocenters. The van der Waals surface area contributed by atoms with Crippen LogP contribution in [0, 0.1) is 5.92 Å². The molecule has 0 bridgehead atoms. The van der Waals surface area contributed by atoms with E-state index >= 15 is 0 Å². The number of sulfone groups is 1. The average Bonchev–Trinajstić information content (AvgIpc) is 2.65. The van der Waals surface area contributed by atoms with E-state index in [4.69, 9.17) is 11.5 Å². The molecule has 0 aliphatic heterocycles. The number of primary amides is 1. The molecule has 2 rings (SSSR count). The Morgan fingerprint density at radius 2 is 2.05 bits per heavy atom. The van der Waals surface area contributed by atoms with Crippen molar-refractivity contribution in [2.24, 2.45) is 11.7 Å². The first-order valence-corrected chi connectivity index (χ1v) is 9.63. The summed E-state index contributed by atoms with van der Waals surface area (Å²) in [7, 11) is -3.52. The van der Waals surface area contributed by atoms with E-state index in [1.807, 2.05) is 11.8 Å². The van der Waals surface area contributed by atoms with Gasteiger partial charge in [-0.25, -0.2) is 8.42 Å². The second-order valence-electron chi connectivity index (χ2n) is 5.45. The van der Waals surface area contributed by atoms with Gasteiger partial charge in [0.15, 0.2) is 9.84 Å². The molecule has 0 saturated heterocycles. The lowest BCUT2D eigenvalue weighted by Gasteiger charge is -2.32. The molecule has 21 heavy (non-hydrogen) atoms. The highest BCUT2D eigenvalue weighted by Crippen LogP contribution is 2.42. The number of carbonyl (C=O) groups excluding carboxylic acids is 1. The molecular weight excluding hydrogens is 310 g/mol. The lowest BCUT2D eigenvalue weighted by atomic mass is 9.85. The van der Waals surface area contributed by atoms with Gasteiger partial charge in [0.1, 0.15) is 14.8 Å². The Labute approximate surface area is 129 Å². The molecule has 0 unspecified atom stereocenters. The molecule has 8 heteroatoms. The number of anilines is 2. The van der Waals surface area contributed by atoms with Gasteiger partial charge in [-0.2, -0.15) is 0 Å². The van der Waals surface area contributed by atoms with Gasteiger partial charge in [0.25, 0.3) is 5.91 Å². The number of nitrogen functional groups attached to an aromatic ring is 1. The van der Waals surface area contributed by atoms with Crippen LogP contribution in [-0.2, 0) is 9.84 Å². The van der Waals surface area contributed by atoms with Crippen LogP contribution in [0.1, 0.15) is 35.9 Å². The van der Waals surface area contributed by atoms with E-state index in [-0.39, 0.29) is 15.5 Å². The fourth-order valence-corrected chi connectivity index (χ4v) is 5.14. The Morgan fingerprint density at radius 1 is 1.43 bits per heavy atom. The van der Waals surface area contributed by atoms with Crippen molar-refractivity contribution in [2.75, 3.05) is 30.0 Å². The fourth-order valence-electron chi connectivity index (χ4n) is 2.51. The molecule has 1 aromatic rings. The predicted molar refractivity (Wildman–Crippen MR) is 85.6 cm³/mol. The number of hydrogen-bond acceptors (Lipinski definition) is 6. The van der Waals surface area contributed by atoms with Crippen molar-refractivity contribution >= 4 is 37.8 Å². The van der Waals surface area contributed by atoms with E-state index in [0.717, 1.165) is 37.0 Å². The fraction of sp³-hybridized carbons (Fsp3) is 0.615. The summed E-state index contributed by atoms with van der Waals surface area (Å²) in [5, 5.41) is 0.540. The molecule has 1 fully saturated rings. The predicted octanol–water partition coefficient (Wildman–Crippen LogP) is 1.46. The van der Waals surface area contributed by atoms with Gasteiger partial charge in [-0.05, 0) is 25.7 Å². The van der Waals surface area contributed by atoms with Crippen molar-refractivity contribution in [1.82, 2.24) is 0 Å². The summed E-state index contributed by atoms with van der Waals surface area (Å²) in [6, 6.07) is 0. The van der Waals surface area contributed by atoms with Gasteiger partial charge in [-0.3, -0.25) is 4.79 Å². The molecule has 1 saturated carbocycles. The summed E-state index contributed by atoms with van der Waals surface area (Å²) in [4.78, 5) is 13.6. The molecule has 1 aliphatic carbocycles. The molecule has 1 aromatic heterocycles. The number of nitrogens with zero attached hydrogens (tertiary/aromatic N) is 1. The van der Waals surface area contributed by atoms with Crippen molar-refractivity contribution in [2.45, 2.75) is 31.1 Å². The van der Waals surface area contributed by atoms with Gasteiger partial charge in [-0.1, -0.05) is 6.42 Å². The molecule has 4 N–H and O–H groups in total. The van der Waals surface area contributed by atoms with Crippen LogP contribution >= 0.6 is 11.3 Å². The second kappa shape index (κ2) is 5.84. The largest absolute Gasteiger partial charge is 0.396 e. The number of nitrogens with two attached hydrogens (primary N) is 2. The van der Waals surface area contributed by atoms with Crippen LogP contribution in [0.25, 0.3) is 0 Å². The normalized spacial score (nSPS) is 15.7. The summed E-state index contributed by atoms with van der Waals surface area (Å²) in [6.45, 7) is 3.42. The van der Waals surface area contributed by atoms with Crippen molar-refractivity contribution in [3.05, 3.63) is 4.88 Å². The third-order valence-corrected chi connectivity index (χ3v) is 6.41. The van der Waals surface area contributed by atoms with E-state index < -0.39 is 15.7 Å². The lowest BCUT2D eigenvalue weighted by molar-refractivity contribution is 0.100. The minimum Gasteiger partial charge on any atom is -0.396 e. The van der Waals surface area contributed by atoms with Crippen molar-refractivity contribution in [3.63, 3.8) is 0 Å². The molecule has 118 valence electrons. The van der Waals surface area contributed by atoms with Crippen LogP contribution in [0.15, 0.2) is 4.90 Å². The molecule has 0 spiro atoms. The molecule has 0 radical (unpaired) electrons. The Bertz CT molecular complexity index is 648. The van der Waals surface area contributed by atoms with Gasteiger partial charge in [0.05, 0.1) is 5.69 Å². The monoisotopic (exact) mass is 331 g/mol. The van der Waals surface area contributed by atoms with Crippen molar-refractivity contribution in [3.8, 4) is 0 Å². The van der Waals surface area contributed by atoms with Crippen LogP contribution < -0.4 is 16.4 Å². The lowest BCUT2D eigenvalue weighted by Crippen LogP contribution is -2.32. The van der Waals surface area contributed by atoms with Crippen molar-refractivity contribution < 1.29 is 13.2 Å². The van der Waals surface area contributed by atoms with E-state index in [1.54, 1.807) is 0 Å². The maximum absolute atomic E-state index is 12.0. The SMILES string of the molecule is CCN(CC1CCC1)c1sc(C(N)=O)c(N)c1S(C)(=O)=O. The first-order chi connectivity index (χ1) is 9.75. The molecule has 0 aromatic carbocycles. The van der Waals surface area contributed by atoms with Crippen LogP contribution in [0.3, 0.4) is 0 Å². The summed E-state index contributed by atoms with van der Waals surface area (Å²) in [6.07, 6.45) is 4.65. The Balaban J connectivity index is 2.49. The number of rotatable bonds is 6. The van der Waals surface area contributed by atoms with E-state index in [0.29, 0.717) is 17.5 Å². The third kappa shape index (κ3) is 3.16. The number of carbonyl (C=O) groups is 1. The average molecular weight is 331 g/mol. The van der Waals surface area contributed by atoms with Crippen LogP contribution in [0.2, 0.25) is 0 Å². The standard InChI is InChI=1S/C13H21N3O3S2/c1-3-16(7-8-5-4-6-8)13-11(21(2,18)19)9(14)10(20-13)12(15)17/h8H,3-7,14H2,1-2H3,(H2,15,17). The molecular formula is C13H21N3O3S2. The minimum atomic E-state index is -3.52. The smallest absolute Gasteiger partial charge is 0.261 e. The zero-order chi connectivity index (χ0) is 15.8. The van der Waals surface area contributed by atoms with Gasteiger partial charge in [0, 0.05) is 19.3 Å². The second-order valence-corrected chi connectivity index (χ2v) is 8.40. The van der Waals surface area contributed by atoms with Crippen molar-refractivity contribution in [1.29, 1.82) is 0 Å². The van der Waals surface area contributed by atoms with E-state index in [2.05, 4.69) is 0 Å². The third-order valence-electron chi connectivity index (χ3n) is 3.85. The molecule has 1 heterocycles. The van der Waals surface area contributed by atoms with Gasteiger partial charge in [0.2, 0.25) is 0 Å². The first kappa shape index (κ1) is 16.1. The van der Waals surface area contributed by atoms with E-state index in [9.17, 15) is 13.2 Å². The minimum absolute atomic E-state index is 0.0166. The summed E-state index contributed by atoms with van der Waals surface area (Å²) in [5.74, 6) is -0.106. The summed E-state index contributed by atoms with van der Waals surface area (Å²) in [5.41, 5.74) is 11.1. The number of hydrogen-bond donors (Lipinski definition) is 2. The van der Waals surface area contributed by atoms with Crippen LogP contribution in [0.4, 0.5) is 10.7 Å². The molecule has 1 aliphatic rings. The molecule has 1 amide bonds. The Hall–Kier alpha value is -1.28. The number of thiophene rings is 1. The van der Waals surface area contributed by atoms with Gasteiger partial charge < -0.3 is 16.4 Å². The van der Waals surface area contributed by atoms with Crippen LogP contribution in [-0.4, -0.2) is 33.7 Å². The van der Waals surface area contributed by atoms with Crippen LogP contribution in [0.5, 0.6) is 0 Å². The maximum Gasteiger partial charge on any atom is 0.261 e. The highest BCUT2D eigenvalue weighted by molar-refractivity contribution is 7.91. The Kier molecular flexibility index (Phi) is 4.48. The first-order valence-electron chi connectivity index (χ1n) is 6.92. The van der Waals surface area contributed by atoms with Gasteiger partial charge in [-0.15, -0.1) is 11.3 Å². The highest BCUT2D eigenvalue weighted by Gasteiger charge is 2.30. The topological polar surface area (TPSA) is 106 Å². The number of amides is 1. The van der Waals surface area contributed by atoms with Gasteiger partial charge >= 0.3 is 0 Å². The molecule has 6 nitrogen and oxygen atoms in total. The zero-order valence-electron chi connectivity index (χ0n) is 12.3. The maximum atomic E-state index is 12.0. The quantitative estimate of drug-likeness (QED) is 0.820.